The number of aliphatic imine (C=N–C) groups is 1. The zero-order chi connectivity index (χ0) is 9.02. The molecule has 0 radical (unpaired) electrons. The average Bonchev–Trinajstić information content (AvgIpc) is 2.00. The van der Waals surface area contributed by atoms with E-state index in [2.05, 4.69) is 11.6 Å². The normalized spacial score (nSPS) is 14.4. The zero-order valence-electron chi connectivity index (χ0n) is 7.60. The molecule has 0 aromatic rings. The average molecular weight is 153 g/mol. The van der Waals surface area contributed by atoms with E-state index in [1.165, 1.54) is 0 Å². The van der Waals surface area contributed by atoms with Crippen LogP contribution in [-0.2, 0) is 0 Å². The number of nitrogens with zero attached hydrogens (tertiary/aromatic N) is 1. The fourth-order valence-electron chi connectivity index (χ4n) is 0.655. The Morgan fingerprint density at radius 2 is 1.64 bits per heavy atom. The molecule has 0 aliphatic carbocycles. The van der Waals surface area contributed by atoms with Gasteiger partial charge in [-0.25, -0.2) is 0 Å². The molecule has 0 rings (SSSR count). The summed E-state index contributed by atoms with van der Waals surface area (Å²) in [7, 11) is 1.73. The second-order valence-corrected chi connectivity index (χ2v) is 2.51. The summed E-state index contributed by atoms with van der Waals surface area (Å²) in [6, 6.07) is 0. The third-order valence-corrected chi connectivity index (χ3v) is 1.87. The first-order chi connectivity index (χ1) is 5.00. The van der Waals surface area contributed by atoms with Crippen molar-refractivity contribution in [3.8, 4) is 0 Å². The highest BCUT2D eigenvalue weighted by Gasteiger charge is 2.01. The number of allylic oxidation sites excluding steroid dienone is 2. The fraction of sp³-hybridized carbons (Fsp3) is 0.444. The highest BCUT2D eigenvalue weighted by atomic mass is 16.3. The Labute approximate surface area is 68.0 Å². The van der Waals surface area contributed by atoms with Crippen LogP contribution in [0.25, 0.3) is 0 Å². The van der Waals surface area contributed by atoms with Gasteiger partial charge in [0, 0.05) is 12.8 Å². The first-order valence-electron chi connectivity index (χ1n) is 3.50. The van der Waals surface area contributed by atoms with Crippen molar-refractivity contribution in [3.05, 3.63) is 23.5 Å². The molecule has 2 heteroatoms. The van der Waals surface area contributed by atoms with E-state index in [0.29, 0.717) is 0 Å². The predicted molar refractivity (Wildman–Crippen MR) is 49.2 cm³/mol. The Morgan fingerprint density at radius 1 is 1.18 bits per heavy atom. The molecule has 0 aromatic heterocycles. The van der Waals surface area contributed by atoms with Gasteiger partial charge in [-0.05, 0) is 31.9 Å². The molecule has 0 atom stereocenters. The van der Waals surface area contributed by atoms with E-state index in [4.69, 9.17) is 5.11 Å². The lowest BCUT2D eigenvalue weighted by atomic mass is 10.1. The minimum atomic E-state index is 0.116. The van der Waals surface area contributed by atoms with Gasteiger partial charge in [0.25, 0.3) is 0 Å². The van der Waals surface area contributed by atoms with E-state index in [9.17, 15) is 0 Å². The fourth-order valence-corrected chi connectivity index (χ4v) is 0.655. The van der Waals surface area contributed by atoms with Gasteiger partial charge < -0.3 is 5.11 Å². The summed E-state index contributed by atoms with van der Waals surface area (Å²) < 4.78 is 0. The lowest BCUT2D eigenvalue weighted by Gasteiger charge is -2.04. The van der Waals surface area contributed by atoms with E-state index in [0.717, 1.165) is 16.9 Å². The Bertz CT molecular complexity index is 224. The summed E-state index contributed by atoms with van der Waals surface area (Å²) in [4.78, 5) is 4.00. The molecule has 2 nitrogen and oxygen atoms in total. The summed E-state index contributed by atoms with van der Waals surface area (Å²) in [5.41, 5.74) is 2.71. The van der Waals surface area contributed by atoms with Crippen molar-refractivity contribution in [3.63, 3.8) is 0 Å². The van der Waals surface area contributed by atoms with Crippen LogP contribution >= 0.6 is 0 Å². The molecule has 0 saturated heterocycles. The van der Waals surface area contributed by atoms with Crippen LogP contribution in [-0.4, -0.2) is 17.9 Å². The smallest absolute Gasteiger partial charge is 0.111 e. The molecule has 0 fully saturated rings. The number of rotatable bonds is 2. The number of aliphatic hydroxyl groups excluding tert-OH is 1. The van der Waals surface area contributed by atoms with Gasteiger partial charge >= 0.3 is 0 Å². The Kier molecular flexibility index (Phi) is 3.58. The molecule has 0 amide bonds. The molecule has 0 saturated carbocycles. The molecule has 0 spiro atoms. The van der Waals surface area contributed by atoms with E-state index in [1.807, 2.05) is 20.8 Å². The highest BCUT2D eigenvalue weighted by Crippen LogP contribution is 2.10. The zero-order valence-corrected chi connectivity index (χ0v) is 7.60. The largest absolute Gasteiger partial charge is 0.508 e. The lowest BCUT2D eigenvalue weighted by Crippen LogP contribution is -1.97. The molecule has 11 heavy (non-hydrogen) atoms. The molecule has 1 N–H and O–H groups in total. The van der Waals surface area contributed by atoms with Crippen molar-refractivity contribution in [1.82, 2.24) is 0 Å². The van der Waals surface area contributed by atoms with Gasteiger partial charge in [0.2, 0.25) is 0 Å². The van der Waals surface area contributed by atoms with E-state index < -0.39 is 0 Å². The lowest BCUT2D eigenvalue weighted by molar-refractivity contribution is 0.425. The molecule has 0 aromatic carbocycles. The van der Waals surface area contributed by atoms with Crippen LogP contribution in [0.5, 0.6) is 0 Å². The molecule has 0 aliphatic rings. The molecule has 62 valence electrons. The number of hydrogen-bond donors (Lipinski definition) is 1. The summed E-state index contributed by atoms with van der Waals surface area (Å²) in [5.74, 6) is 0.116. The molecule has 0 heterocycles. The molecule has 0 unspecified atom stereocenters. The van der Waals surface area contributed by atoms with Gasteiger partial charge in [-0.15, -0.1) is 0 Å². The first kappa shape index (κ1) is 9.95. The van der Waals surface area contributed by atoms with Crippen molar-refractivity contribution in [2.24, 2.45) is 4.99 Å². The first-order valence-corrected chi connectivity index (χ1v) is 3.50. The van der Waals surface area contributed by atoms with Crippen molar-refractivity contribution < 1.29 is 5.11 Å². The van der Waals surface area contributed by atoms with Crippen LogP contribution in [0.2, 0.25) is 0 Å². The third kappa shape index (κ3) is 2.58. The Hall–Kier alpha value is -1.05. The van der Waals surface area contributed by atoms with E-state index in [-0.39, 0.29) is 5.76 Å². The maximum absolute atomic E-state index is 9.03. The Morgan fingerprint density at radius 3 is 1.91 bits per heavy atom. The molecule has 0 aliphatic heterocycles. The van der Waals surface area contributed by atoms with Crippen molar-refractivity contribution in [1.29, 1.82) is 0 Å². The monoisotopic (exact) mass is 153 g/mol. The standard InChI is InChI=1S/C9H15NO/c1-6(8(3)10-5)7(2)9(4)11/h11H,4H2,1-3,5H3/b7-6-,10-8?. The van der Waals surface area contributed by atoms with Crippen LogP contribution < -0.4 is 0 Å². The predicted octanol–water partition coefficient (Wildman–Crippen LogP) is 2.49. The quantitative estimate of drug-likeness (QED) is 0.369. The maximum Gasteiger partial charge on any atom is 0.111 e. The van der Waals surface area contributed by atoms with Crippen molar-refractivity contribution in [2.75, 3.05) is 7.05 Å². The number of hydrogen-bond acceptors (Lipinski definition) is 2. The Balaban J connectivity index is 4.81. The van der Waals surface area contributed by atoms with Crippen LogP contribution in [0.1, 0.15) is 20.8 Å². The second kappa shape index (κ2) is 3.96. The third-order valence-electron chi connectivity index (χ3n) is 1.87. The van der Waals surface area contributed by atoms with Gasteiger partial charge in [-0.2, -0.15) is 0 Å². The van der Waals surface area contributed by atoms with Gasteiger partial charge in [-0.3, -0.25) is 4.99 Å². The summed E-state index contributed by atoms with van der Waals surface area (Å²) >= 11 is 0. The van der Waals surface area contributed by atoms with Gasteiger partial charge in [-0.1, -0.05) is 6.58 Å². The molecule has 0 bridgehead atoms. The van der Waals surface area contributed by atoms with E-state index >= 15 is 0 Å². The van der Waals surface area contributed by atoms with Crippen LogP contribution in [0.4, 0.5) is 0 Å². The molecular formula is C9H15NO. The van der Waals surface area contributed by atoms with E-state index in [1.54, 1.807) is 7.05 Å². The van der Waals surface area contributed by atoms with Crippen LogP contribution in [0.15, 0.2) is 28.5 Å². The van der Waals surface area contributed by atoms with Crippen LogP contribution in [0, 0.1) is 0 Å². The van der Waals surface area contributed by atoms with Gasteiger partial charge in [0.15, 0.2) is 0 Å². The minimum Gasteiger partial charge on any atom is -0.508 e. The summed E-state index contributed by atoms with van der Waals surface area (Å²) in [6.45, 7) is 9.08. The maximum atomic E-state index is 9.03. The van der Waals surface area contributed by atoms with Crippen LogP contribution in [0.3, 0.4) is 0 Å². The summed E-state index contributed by atoms with van der Waals surface area (Å²) in [5, 5.41) is 9.03. The summed E-state index contributed by atoms with van der Waals surface area (Å²) in [6.07, 6.45) is 0. The van der Waals surface area contributed by atoms with Crippen molar-refractivity contribution in [2.45, 2.75) is 20.8 Å². The van der Waals surface area contributed by atoms with Crippen molar-refractivity contribution >= 4 is 5.71 Å². The van der Waals surface area contributed by atoms with Gasteiger partial charge in [0.1, 0.15) is 5.76 Å². The van der Waals surface area contributed by atoms with Gasteiger partial charge in [0.05, 0.1) is 0 Å². The number of aliphatic hydroxyl groups is 1. The highest BCUT2D eigenvalue weighted by molar-refractivity contribution is 5.98. The SMILES string of the molecule is C=C(O)/C(C)=C(/C)C(C)=NC. The minimum absolute atomic E-state index is 0.116. The second-order valence-electron chi connectivity index (χ2n) is 2.51. The molecular weight excluding hydrogens is 138 g/mol. The topological polar surface area (TPSA) is 32.6 Å².